The monoisotopic (exact) mass is 210 g/mol. The molecule has 1 saturated heterocycles. The van der Waals surface area contributed by atoms with Gasteiger partial charge in [0.25, 0.3) is 0 Å². The van der Waals surface area contributed by atoms with Crippen LogP contribution in [0.5, 0.6) is 0 Å². The lowest BCUT2D eigenvalue weighted by Gasteiger charge is -2.46. The van der Waals surface area contributed by atoms with Crippen LogP contribution >= 0.6 is 0 Å². The van der Waals surface area contributed by atoms with Crippen molar-refractivity contribution in [3.05, 3.63) is 0 Å². The van der Waals surface area contributed by atoms with Gasteiger partial charge < -0.3 is 5.32 Å². The minimum absolute atomic E-state index is 0.417. The van der Waals surface area contributed by atoms with E-state index in [1.165, 1.54) is 45.3 Å². The van der Waals surface area contributed by atoms with E-state index in [0.29, 0.717) is 5.54 Å². The predicted octanol–water partition coefficient (Wildman–Crippen LogP) is 2.25. The van der Waals surface area contributed by atoms with Gasteiger partial charge in [-0.15, -0.1) is 0 Å². The van der Waals surface area contributed by atoms with Crippen molar-refractivity contribution in [3.8, 4) is 0 Å². The lowest BCUT2D eigenvalue weighted by molar-refractivity contribution is 0.0731. The Morgan fingerprint density at radius 2 is 2.07 bits per heavy atom. The molecular weight excluding hydrogens is 184 g/mol. The Bertz CT molecular complexity index is 213. The number of piperazine rings is 1. The second kappa shape index (κ2) is 4.42. The van der Waals surface area contributed by atoms with E-state index in [0.717, 1.165) is 12.0 Å². The van der Waals surface area contributed by atoms with E-state index >= 15 is 0 Å². The zero-order valence-electron chi connectivity index (χ0n) is 10.6. The van der Waals surface area contributed by atoms with E-state index in [-0.39, 0.29) is 0 Å². The highest BCUT2D eigenvalue weighted by atomic mass is 15.3. The fourth-order valence-electron chi connectivity index (χ4n) is 3.03. The average molecular weight is 210 g/mol. The van der Waals surface area contributed by atoms with Crippen LogP contribution in [0.2, 0.25) is 0 Å². The molecule has 0 amide bonds. The maximum absolute atomic E-state index is 3.81. The third kappa shape index (κ3) is 2.36. The van der Waals surface area contributed by atoms with Crippen molar-refractivity contribution < 1.29 is 0 Å². The molecule has 0 bridgehead atoms. The summed E-state index contributed by atoms with van der Waals surface area (Å²) in [6.45, 7) is 10.8. The third-order valence-corrected chi connectivity index (χ3v) is 4.25. The first-order chi connectivity index (χ1) is 7.19. The molecule has 1 aliphatic heterocycles. The summed E-state index contributed by atoms with van der Waals surface area (Å²) in [6, 6.07) is 0.775. The van der Waals surface area contributed by atoms with E-state index in [9.17, 15) is 0 Å². The van der Waals surface area contributed by atoms with Crippen LogP contribution in [0, 0.1) is 5.92 Å². The second-order valence-electron chi connectivity index (χ2n) is 5.61. The SMILES string of the molecule is CCCN1CC(C)(C2CC2)NCC1CC. The predicted molar refractivity (Wildman–Crippen MR) is 65.1 cm³/mol. The summed E-state index contributed by atoms with van der Waals surface area (Å²) >= 11 is 0. The number of hydrogen-bond donors (Lipinski definition) is 1. The molecule has 1 heterocycles. The molecule has 1 saturated carbocycles. The van der Waals surface area contributed by atoms with Crippen molar-refractivity contribution >= 4 is 0 Å². The molecule has 0 radical (unpaired) electrons. The smallest absolute Gasteiger partial charge is 0.0309 e. The van der Waals surface area contributed by atoms with Crippen molar-refractivity contribution in [2.75, 3.05) is 19.6 Å². The van der Waals surface area contributed by atoms with Gasteiger partial charge in [0.15, 0.2) is 0 Å². The summed E-state index contributed by atoms with van der Waals surface area (Å²) < 4.78 is 0. The van der Waals surface area contributed by atoms with Gasteiger partial charge in [0.1, 0.15) is 0 Å². The van der Waals surface area contributed by atoms with E-state index in [1.54, 1.807) is 0 Å². The topological polar surface area (TPSA) is 15.3 Å². The lowest BCUT2D eigenvalue weighted by Crippen LogP contribution is -2.63. The van der Waals surface area contributed by atoms with Crippen LogP contribution in [0.3, 0.4) is 0 Å². The van der Waals surface area contributed by atoms with Gasteiger partial charge in [-0.25, -0.2) is 0 Å². The molecule has 2 unspecified atom stereocenters. The minimum Gasteiger partial charge on any atom is -0.308 e. The van der Waals surface area contributed by atoms with Crippen molar-refractivity contribution in [1.82, 2.24) is 10.2 Å². The van der Waals surface area contributed by atoms with Gasteiger partial charge in [0.05, 0.1) is 0 Å². The van der Waals surface area contributed by atoms with Gasteiger partial charge in [-0.2, -0.15) is 0 Å². The Morgan fingerprint density at radius 1 is 1.33 bits per heavy atom. The van der Waals surface area contributed by atoms with Gasteiger partial charge in [-0.1, -0.05) is 13.8 Å². The number of hydrogen-bond acceptors (Lipinski definition) is 2. The summed E-state index contributed by atoms with van der Waals surface area (Å²) in [7, 11) is 0. The Kier molecular flexibility index (Phi) is 3.36. The Morgan fingerprint density at radius 3 is 2.60 bits per heavy atom. The molecule has 2 rings (SSSR count). The van der Waals surface area contributed by atoms with Crippen LogP contribution < -0.4 is 5.32 Å². The Hall–Kier alpha value is -0.0800. The summed E-state index contributed by atoms with van der Waals surface area (Å²) in [5, 5.41) is 3.81. The van der Waals surface area contributed by atoms with Crippen molar-refractivity contribution in [2.45, 2.75) is 58.0 Å². The molecule has 1 N–H and O–H groups in total. The summed E-state index contributed by atoms with van der Waals surface area (Å²) in [4.78, 5) is 2.72. The highest BCUT2D eigenvalue weighted by molar-refractivity contribution is 5.03. The zero-order chi connectivity index (χ0) is 10.9. The van der Waals surface area contributed by atoms with Gasteiger partial charge in [-0.05, 0) is 45.1 Å². The number of nitrogens with one attached hydrogen (secondary N) is 1. The summed E-state index contributed by atoms with van der Waals surface area (Å²) in [5.41, 5.74) is 0.417. The molecular formula is C13H26N2. The molecule has 2 aliphatic rings. The van der Waals surface area contributed by atoms with Crippen LogP contribution in [0.4, 0.5) is 0 Å². The quantitative estimate of drug-likeness (QED) is 0.765. The van der Waals surface area contributed by atoms with Gasteiger partial charge in [0.2, 0.25) is 0 Å². The first kappa shape index (κ1) is 11.4. The van der Waals surface area contributed by atoms with Gasteiger partial charge >= 0.3 is 0 Å². The molecule has 0 aromatic heterocycles. The molecule has 2 fully saturated rings. The van der Waals surface area contributed by atoms with Gasteiger partial charge in [-0.3, -0.25) is 4.90 Å². The molecule has 88 valence electrons. The lowest BCUT2D eigenvalue weighted by atomic mass is 9.90. The first-order valence-corrected chi connectivity index (χ1v) is 6.68. The standard InChI is InChI=1S/C13H26N2/c1-4-8-15-10-13(3,11-6-7-11)14-9-12(15)5-2/h11-12,14H,4-10H2,1-3H3. The average Bonchev–Trinajstić information content (AvgIpc) is 3.02. The second-order valence-corrected chi connectivity index (χ2v) is 5.61. The maximum Gasteiger partial charge on any atom is 0.0309 e. The van der Waals surface area contributed by atoms with Crippen molar-refractivity contribution in [3.63, 3.8) is 0 Å². The molecule has 15 heavy (non-hydrogen) atoms. The molecule has 0 aromatic carbocycles. The molecule has 0 spiro atoms. The number of nitrogens with zero attached hydrogens (tertiary/aromatic N) is 1. The van der Waals surface area contributed by atoms with E-state index < -0.39 is 0 Å². The van der Waals surface area contributed by atoms with Crippen molar-refractivity contribution in [1.29, 1.82) is 0 Å². The van der Waals surface area contributed by atoms with Crippen molar-refractivity contribution in [2.24, 2.45) is 5.92 Å². The zero-order valence-corrected chi connectivity index (χ0v) is 10.6. The normalized spacial score (nSPS) is 38.2. The molecule has 2 heteroatoms. The minimum atomic E-state index is 0.417. The molecule has 2 nitrogen and oxygen atoms in total. The first-order valence-electron chi connectivity index (χ1n) is 6.68. The fourth-order valence-corrected chi connectivity index (χ4v) is 3.03. The Balaban J connectivity index is 1.98. The molecule has 0 aromatic rings. The maximum atomic E-state index is 3.81. The molecule has 2 atom stereocenters. The summed E-state index contributed by atoms with van der Waals surface area (Å²) in [5.74, 6) is 0.953. The third-order valence-electron chi connectivity index (χ3n) is 4.25. The van der Waals surface area contributed by atoms with E-state index in [1.807, 2.05) is 0 Å². The van der Waals surface area contributed by atoms with Crippen LogP contribution in [-0.2, 0) is 0 Å². The number of rotatable bonds is 4. The highest BCUT2D eigenvalue weighted by Gasteiger charge is 2.45. The van der Waals surface area contributed by atoms with Crippen LogP contribution in [-0.4, -0.2) is 36.1 Å². The van der Waals surface area contributed by atoms with E-state index in [4.69, 9.17) is 0 Å². The summed E-state index contributed by atoms with van der Waals surface area (Å²) in [6.07, 6.45) is 5.46. The fraction of sp³-hybridized carbons (Fsp3) is 1.00. The highest BCUT2D eigenvalue weighted by Crippen LogP contribution is 2.41. The molecule has 1 aliphatic carbocycles. The Labute approximate surface area is 94.4 Å². The van der Waals surface area contributed by atoms with Crippen LogP contribution in [0.15, 0.2) is 0 Å². The largest absolute Gasteiger partial charge is 0.308 e. The van der Waals surface area contributed by atoms with Gasteiger partial charge in [0, 0.05) is 24.7 Å². The van der Waals surface area contributed by atoms with Crippen LogP contribution in [0.25, 0.3) is 0 Å². The van der Waals surface area contributed by atoms with E-state index in [2.05, 4.69) is 31.0 Å². The van der Waals surface area contributed by atoms with Crippen LogP contribution in [0.1, 0.15) is 46.5 Å².